The average molecular weight is 1330 g/mol. The molecule has 0 fully saturated rings. The van der Waals surface area contributed by atoms with E-state index in [0.717, 1.165) is 108 Å². The number of phosphoric acid groups is 2. The van der Waals surface area contributed by atoms with Crippen LogP contribution >= 0.6 is 15.6 Å². The normalized spacial score (nSPS) is 14.2. The van der Waals surface area contributed by atoms with Crippen LogP contribution in [0.25, 0.3) is 0 Å². The number of ether oxygens (including phenoxy) is 4. The van der Waals surface area contributed by atoms with E-state index in [4.69, 9.17) is 37.0 Å². The SMILES string of the molecule is CCCCCCCCCCCCCCCC(=O)OC[C@H](COP(=O)(O)OC[C@@H](O)COP(=O)(O)OC[C@@H](COC(=O)CCCCCCCCCC(C)C)OC(=O)CCCCCCCCCCC(C)C)OC(=O)CCCCCCCCCCCCCCCC(C)C. The summed E-state index contributed by atoms with van der Waals surface area (Å²) in [6.45, 7) is 11.8. The van der Waals surface area contributed by atoms with E-state index in [0.29, 0.717) is 31.6 Å². The molecule has 5 atom stereocenters. The standard InChI is InChI=1S/C71H138O17P2/c1-8-9-10-11-12-13-14-16-20-23-31-38-45-52-68(73)81-58-66(87-70(75)54-47-40-32-24-21-18-15-17-19-22-28-35-42-49-62(2)3)60-85-89(77,78)83-56-65(72)57-84-90(79,80)86-61-67(59-82-69(74)53-46-39-34-27-30-37-44-51-64(6)7)88-71(76)55-48-41-33-26-25-29-36-43-50-63(4)5/h62-67,72H,8-61H2,1-7H3,(H,77,78)(H,79,80)/t65-,66-,67-/m1/s1. The van der Waals surface area contributed by atoms with Crippen LogP contribution in [0.15, 0.2) is 0 Å². The molecule has 0 spiro atoms. The molecule has 0 rings (SSSR count). The zero-order valence-corrected chi connectivity index (χ0v) is 60.4. The molecular weight excluding hydrogens is 1190 g/mol. The Balaban J connectivity index is 5.25. The fourth-order valence-electron chi connectivity index (χ4n) is 10.7. The Labute approximate surface area is 549 Å². The number of rotatable bonds is 69. The van der Waals surface area contributed by atoms with Crippen LogP contribution in [-0.2, 0) is 65.4 Å². The number of phosphoric ester groups is 2. The maximum absolute atomic E-state index is 13.0. The lowest BCUT2D eigenvalue weighted by Gasteiger charge is -2.21. The average Bonchev–Trinajstić information content (AvgIpc) is 3.59. The van der Waals surface area contributed by atoms with Gasteiger partial charge in [-0.25, -0.2) is 9.13 Å². The molecule has 0 aliphatic heterocycles. The molecule has 2 unspecified atom stereocenters. The van der Waals surface area contributed by atoms with Gasteiger partial charge in [-0.1, -0.05) is 305 Å². The minimum Gasteiger partial charge on any atom is -0.462 e. The van der Waals surface area contributed by atoms with Crippen molar-refractivity contribution >= 4 is 39.5 Å². The summed E-state index contributed by atoms with van der Waals surface area (Å²) in [5.74, 6) is 0.0838. The van der Waals surface area contributed by atoms with Gasteiger partial charge in [0.2, 0.25) is 0 Å². The van der Waals surface area contributed by atoms with Crippen molar-refractivity contribution in [1.29, 1.82) is 0 Å². The van der Waals surface area contributed by atoms with Gasteiger partial charge in [0, 0.05) is 25.7 Å². The second-order valence-corrected chi connectivity index (χ2v) is 30.0. The third-order valence-corrected chi connectivity index (χ3v) is 18.3. The topological polar surface area (TPSA) is 237 Å². The molecule has 17 nitrogen and oxygen atoms in total. The van der Waals surface area contributed by atoms with Crippen molar-refractivity contribution in [2.45, 2.75) is 375 Å². The zero-order chi connectivity index (χ0) is 66.6. The van der Waals surface area contributed by atoms with E-state index < -0.39 is 97.5 Å². The number of carbonyl (C=O) groups excluding carboxylic acids is 4. The first-order chi connectivity index (χ1) is 43.2. The Morgan fingerprint density at radius 3 is 0.756 bits per heavy atom. The van der Waals surface area contributed by atoms with Crippen molar-refractivity contribution in [3.8, 4) is 0 Å². The van der Waals surface area contributed by atoms with Crippen molar-refractivity contribution in [2.24, 2.45) is 17.8 Å². The summed E-state index contributed by atoms with van der Waals surface area (Å²) in [5.41, 5.74) is 0. The summed E-state index contributed by atoms with van der Waals surface area (Å²) < 4.78 is 68.3. The number of unbranched alkanes of at least 4 members (excludes halogenated alkanes) is 37. The molecule has 3 N–H and O–H groups in total. The second kappa shape index (κ2) is 61.9. The van der Waals surface area contributed by atoms with E-state index in [-0.39, 0.29) is 25.7 Å². The monoisotopic (exact) mass is 1320 g/mol. The van der Waals surface area contributed by atoms with Crippen molar-refractivity contribution in [1.82, 2.24) is 0 Å². The third kappa shape index (κ3) is 64.8. The van der Waals surface area contributed by atoms with Crippen molar-refractivity contribution in [2.75, 3.05) is 39.6 Å². The van der Waals surface area contributed by atoms with E-state index >= 15 is 0 Å². The second-order valence-electron chi connectivity index (χ2n) is 27.1. The Kier molecular flexibility index (Phi) is 60.6. The highest BCUT2D eigenvalue weighted by Gasteiger charge is 2.30. The highest BCUT2D eigenvalue weighted by atomic mass is 31.2. The lowest BCUT2D eigenvalue weighted by Crippen LogP contribution is -2.30. The van der Waals surface area contributed by atoms with Gasteiger partial charge in [0.25, 0.3) is 0 Å². The summed E-state index contributed by atoms with van der Waals surface area (Å²) >= 11 is 0. The van der Waals surface area contributed by atoms with E-state index in [1.54, 1.807) is 0 Å². The van der Waals surface area contributed by atoms with Crippen LogP contribution in [0.3, 0.4) is 0 Å². The predicted molar refractivity (Wildman–Crippen MR) is 363 cm³/mol. The number of aliphatic hydroxyl groups is 1. The van der Waals surface area contributed by atoms with Gasteiger partial charge in [0.1, 0.15) is 19.3 Å². The van der Waals surface area contributed by atoms with Crippen molar-refractivity contribution < 1.29 is 80.2 Å². The van der Waals surface area contributed by atoms with Crippen molar-refractivity contribution in [3.63, 3.8) is 0 Å². The van der Waals surface area contributed by atoms with E-state index in [9.17, 15) is 43.2 Å². The molecule has 0 saturated heterocycles. The molecule has 0 heterocycles. The van der Waals surface area contributed by atoms with Gasteiger partial charge in [0.05, 0.1) is 26.4 Å². The van der Waals surface area contributed by atoms with Gasteiger partial charge >= 0.3 is 39.5 Å². The fraction of sp³-hybridized carbons (Fsp3) is 0.944. The third-order valence-electron chi connectivity index (χ3n) is 16.4. The molecule has 19 heteroatoms. The lowest BCUT2D eigenvalue weighted by atomic mass is 10.0. The smallest absolute Gasteiger partial charge is 0.462 e. The van der Waals surface area contributed by atoms with Crippen LogP contribution in [0.2, 0.25) is 0 Å². The zero-order valence-electron chi connectivity index (χ0n) is 58.6. The maximum Gasteiger partial charge on any atom is 0.472 e. The highest BCUT2D eigenvalue weighted by Crippen LogP contribution is 2.45. The molecular formula is C71H138O17P2. The summed E-state index contributed by atoms with van der Waals surface area (Å²) in [7, 11) is -9.90. The van der Waals surface area contributed by atoms with E-state index in [1.165, 1.54) is 161 Å². The van der Waals surface area contributed by atoms with Gasteiger partial charge in [-0.15, -0.1) is 0 Å². The lowest BCUT2D eigenvalue weighted by molar-refractivity contribution is -0.161. The number of esters is 4. The molecule has 0 amide bonds. The van der Waals surface area contributed by atoms with Gasteiger partial charge < -0.3 is 33.8 Å². The Bertz CT molecular complexity index is 1770. The van der Waals surface area contributed by atoms with Crippen LogP contribution < -0.4 is 0 Å². The minimum absolute atomic E-state index is 0.104. The summed E-state index contributed by atoms with van der Waals surface area (Å²) in [6, 6.07) is 0. The first-order valence-corrected chi connectivity index (χ1v) is 39.8. The van der Waals surface area contributed by atoms with Gasteiger partial charge in [0.15, 0.2) is 12.2 Å². The molecule has 0 radical (unpaired) electrons. The molecule has 0 aromatic rings. The first-order valence-electron chi connectivity index (χ1n) is 36.8. The van der Waals surface area contributed by atoms with Crippen LogP contribution in [0.5, 0.6) is 0 Å². The molecule has 0 bridgehead atoms. The van der Waals surface area contributed by atoms with Gasteiger partial charge in [-0.2, -0.15) is 0 Å². The van der Waals surface area contributed by atoms with E-state index in [2.05, 4.69) is 48.5 Å². The first kappa shape index (κ1) is 88.1. The molecule has 0 aliphatic carbocycles. The van der Waals surface area contributed by atoms with Crippen LogP contribution in [0, 0.1) is 17.8 Å². The van der Waals surface area contributed by atoms with Gasteiger partial charge in [-0.3, -0.25) is 37.3 Å². The Morgan fingerprint density at radius 2 is 0.511 bits per heavy atom. The largest absolute Gasteiger partial charge is 0.472 e. The molecule has 534 valence electrons. The van der Waals surface area contributed by atoms with Crippen LogP contribution in [-0.4, -0.2) is 96.7 Å². The Morgan fingerprint density at radius 1 is 0.300 bits per heavy atom. The number of hydrogen-bond donors (Lipinski definition) is 3. The molecule has 0 aliphatic rings. The number of hydrogen-bond acceptors (Lipinski definition) is 15. The molecule has 0 saturated carbocycles. The minimum atomic E-state index is -4.95. The van der Waals surface area contributed by atoms with Crippen LogP contribution in [0.4, 0.5) is 0 Å². The number of carbonyl (C=O) groups is 4. The highest BCUT2D eigenvalue weighted by molar-refractivity contribution is 7.47. The fourth-order valence-corrected chi connectivity index (χ4v) is 12.3. The van der Waals surface area contributed by atoms with Gasteiger partial charge in [-0.05, 0) is 43.4 Å². The number of aliphatic hydroxyl groups excluding tert-OH is 1. The summed E-state index contributed by atoms with van der Waals surface area (Å²) in [5, 5.41) is 10.6. The molecule has 0 aromatic heterocycles. The predicted octanol–water partition coefficient (Wildman–Crippen LogP) is 20.2. The van der Waals surface area contributed by atoms with Crippen molar-refractivity contribution in [3.05, 3.63) is 0 Å². The van der Waals surface area contributed by atoms with Crippen LogP contribution in [0.1, 0.15) is 357 Å². The quantitative estimate of drug-likeness (QED) is 0.0222. The summed E-state index contributed by atoms with van der Waals surface area (Å²) in [4.78, 5) is 72.6. The van der Waals surface area contributed by atoms with E-state index in [1.807, 2.05) is 0 Å². The Hall–Kier alpha value is -1.94. The molecule has 90 heavy (non-hydrogen) atoms. The maximum atomic E-state index is 13.0. The molecule has 0 aromatic carbocycles. The summed E-state index contributed by atoms with van der Waals surface area (Å²) in [6.07, 6.45) is 45.9.